The second-order valence-electron chi connectivity index (χ2n) is 5.61. The van der Waals surface area contributed by atoms with Crippen LogP contribution in [0.1, 0.15) is 10.5 Å². The number of carbonyl (C=O) groups is 2. The summed E-state index contributed by atoms with van der Waals surface area (Å²) in [5.41, 5.74) is 2.92. The van der Waals surface area contributed by atoms with Crippen molar-refractivity contribution in [2.45, 2.75) is 0 Å². The predicted molar refractivity (Wildman–Crippen MR) is 102 cm³/mol. The van der Waals surface area contributed by atoms with Crippen molar-refractivity contribution in [3.8, 4) is 11.3 Å². The zero-order chi connectivity index (χ0) is 18.6. The molecule has 27 heavy (non-hydrogen) atoms. The Kier molecular flexibility index (Phi) is 4.58. The number of fused-ring (bicyclic) bond motifs is 1. The highest BCUT2D eigenvalue weighted by Gasteiger charge is 2.13. The number of aromatic amines is 1. The van der Waals surface area contributed by atoms with E-state index in [4.69, 9.17) is 0 Å². The van der Waals surface area contributed by atoms with E-state index < -0.39 is 5.91 Å². The number of H-pyrrole nitrogens is 1. The first-order valence-electron chi connectivity index (χ1n) is 8.07. The van der Waals surface area contributed by atoms with Gasteiger partial charge in [0.2, 0.25) is 5.91 Å². The second kappa shape index (κ2) is 7.34. The Labute approximate surface area is 157 Å². The highest BCUT2D eigenvalue weighted by Crippen LogP contribution is 2.30. The lowest BCUT2D eigenvalue weighted by molar-refractivity contribution is -0.115. The van der Waals surface area contributed by atoms with Crippen LogP contribution < -0.4 is 10.6 Å². The quantitative estimate of drug-likeness (QED) is 0.494. The topological polar surface area (TPSA) is 113 Å². The number of nitrogens with zero attached hydrogens (tertiary/aromatic N) is 3. The fraction of sp³-hybridized carbons (Fsp3) is 0.0556. The van der Waals surface area contributed by atoms with Gasteiger partial charge in [0, 0.05) is 40.4 Å². The number of benzene rings is 1. The van der Waals surface area contributed by atoms with E-state index in [2.05, 4.69) is 30.6 Å². The monoisotopic (exact) mass is 378 g/mol. The van der Waals surface area contributed by atoms with E-state index in [0.717, 1.165) is 22.2 Å². The number of anilines is 1. The minimum atomic E-state index is -0.461. The molecule has 4 rings (SSSR count). The van der Waals surface area contributed by atoms with Crippen molar-refractivity contribution in [1.29, 1.82) is 0 Å². The van der Waals surface area contributed by atoms with Crippen LogP contribution in [0.5, 0.6) is 0 Å². The second-order valence-corrected chi connectivity index (χ2v) is 6.47. The van der Waals surface area contributed by atoms with Gasteiger partial charge in [0.25, 0.3) is 5.91 Å². The van der Waals surface area contributed by atoms with Gasteiger partial charge >= 0.3 is 0 Å². The first-order valence-corrected chi connectivity index (χ1v) is 8.95. The van der Waals surface area contributed by atoms with Crippen molar-refractivity contribution in [2.24, 2.45) is 0 Å². The third-order valence-electron chi connectivity index (χ3n) is 3.82. The summed E-state index contributed by atoms with van der Waals surface area (Å²) in [6, 6.07) is 7.94. The van der Waals surface area contributed by atoms with Crippen molar-refractivity contribution in [2.75, 3.05) is 11.9 Å². The van der Waals surface area contributed by atoms with Crippen molar-refractivity contribution in [3.63, 3.8) is 0 Å². The molecule has 0 atom stereocenters. The molecule has 0 spiro atoms. The van der Waals surface area contributed by atoms with Gasteiger partial charge in [-0.15, -0.1) is 11.3 Å². The Balaban J connectivity index is 1.39. The molecule has 2 amide bonds. The SMILES string of the molecule is O=C(CNC(=O)c1cnccn1)Nc1nc(-c2c[nH]c3ccccc23)cs1. The summed E-state index contributed by atoms with van der Waals surface area (Å²) in [6.07, 6.45) is 6.11. The predicted octanol–water partition coefficient (Wildman–Crippen LogP) is 2.45. The summed E-state index contributed by atoms with van der Waals surface area (Å²) in [6.45, 7) is -0.183. The molecule has 0 radical (unpaired) electrons. The Bertz CT molecular complexity index is 1110. The van der Waals surface area contributed by atoms with Crippen LogP contribution in [-0.2, 0) is 4.79 Å². The molecule has 3 aromatic heterocycles. The number of para-hydroxylation sites is 1. The summed E-state index contributed by atoms with van der Waals surface area (Å²) in [7, 11) is 0. The maximum absolute atomic E-state index is 12.1. The lowest BCUT2D eigenvalue weighted by Gasteiger charge is -2.04. The van der Waals surface area contributed by atoms with Crippen LogP contribution in [0.3, 0.4) is 0 Å². The minimum absolute atomic E-state index is 0.154. The number of hydrogen-bond donors (Lipinski definition) is 3. The van der Waals surface area contributed by atoms with E-state index in [1.54, 1.807) is 0 Å². The smallest absolute Gasteiger partial charge is 0.271 e. The number of hydrogen-bond acceptors (Lipinski definition) is 6. The number of amides is 2. The van der Waals surface area contributed by atoms with Gasteiger partial charge < -0.3 is 15.6 Å². The summed E-state index contributed by atoms with van der Waals surface area (Å²) in [5, 5.41) is 8.59. The number of aromatic nitrogens is 4. The number of carbonyl (C=O) groups excluding carboxylic acids is 2. The third-order valence-corrected chi connectivity index (χ3v) is 4.58. The van der Waals surface area contributed by atoms with Gasteiger partial charge in [-0.1, -0.05) is 18.2 Å². The first-order chi connectivity index (χ1) is 13.2. The molecule has 0 aliphatic heterocycles. The van der Waals surface area contributed by atoms with Crippen LogP contribution in [0.2, 0.25) is 0 Å². The molecule has 1 aromatic carbocycles. The van der Waals surface area contributed by atoms with E-state index in [-0.39, 0.29) is 18.1 Å². The molecule has 9 heteroatoms. The Hall–Kier alpha value is -3.59. The van der Waals surface area contributed by atoms with Gasteiger partial charge in [-0.2, -0.15) is 0 Å². The molecule has 134 valence electrons. The summed E-state index contributed by atoms with van der Waals surface area (Å²) >= 11 is 1.32. The van der Waals surface area contributed by atoms with Crippen molar-refractivity contribution < 1.29 is 9.59 Å². The first kappa shape index (κ1) is 16.9. The van der Waals surface area contributed by atoms with E-state index in [1.807, 2.05) is 35.8 Å². The zero-order valence-electron chi connectivity index (χ0n) is 14.0. The molecular formula is C18H14N6O2S. The molecule has 0 fully saturated rings. The summed E-state index contributed by atoms with van der Waals surface area (Å²) < 4.78 is 0. The Morgan fingerprint density at radius 3 is 2.93 bits per heavy atom. The highest BCUT2D eigenvalue weighted by molar-refractivity contribution is 7.14. The minimum Gasteiger partial charge on any atom is -0.360 e. The standard InChI is InChI=1S/C18H14N6O2S/c25-16(9-22-17(26)14-8-19-5-6-20-14)24-18-23-15(10-27-18)12-7-21-13-4-2-1-3-11(12)13/h1-8,10,21H,9H2,(H,22,26)(H,23,24,25). The van der Waals surface area contributed by atoms with Gasteiger partial charge in [0.05, 0.1) is 18.4 Å². The average molecular weight is 378 g/mol. The maximum atomic E-state index is 12.1. The normalized spacial score (nSPS) is 10.7. The fourth-order valence-electron chi connectivity index (χ4n) is 2.57. The molecule has 4 aromatic rings. The Morgan fingerprint density at radius 1 is 1.19 bits per heavy atom. The van der Waals surface area contributed by atoms with Crippen LogP contribution in [0.25, 0.3) is 22.2 Å². The number of rotatable bonds is 5. The van der Waals surface area contributed by atoms with E-state index in [1.165, 1.54) is 29.9 Å². The molecule has 0 saturated heterocycles. The van der Waals surface area contributed by atoms with Crippen molar-refractivity contribution in [3.05, 3.63) is 60.1 Å². The van der Waals surface area contributed by atoms with Gasteiger partial charge in [0.1, 0.15) is 5.69 Å². The molecule has 0 bridgehead atoms. The number of nitrogens with one attached hydrogen (secondary N) is 3. The van der Waals surface area contributed by atoms with Crippen LogP contribution in [0.4, 0.5) is 5.13 Å². The van der Waals surface area contributed by atoms with Crippen LogP contribution in [0, 0.1) is 0 Å². The van der Waals surface area contributed by atoms with Crippen LogP contribution in [-0.4, -0.2) is 38.3 Å². The number of thiazole rings is 1. The van der Waals surface area contributed by atoms with Gasteiger partial charge in [0.15, 0.2) is 5.13 Å². The van der Waals surface area contributed by atoms with Crippen LogP contribution >= 0.6 is 11.3 Å². The molecule has 0 aliphatic carbocycles. The lowest BCUT2D eigenvalue weighted by atomic mass is 10.1. The fourth-order valence-corrected chi connectivity index (χ4v) is 3.30. The molecule has 0 aliphatic rings. The summed E-state index contributed by atoms with van der Waals surface area (Å²) in [4.78, 5) is 39.3. The largest absolute Gasteiger partial charge is 0.360 e. The molecule has 0 saturated carbocycles. The molecular weight excluding hydrogens is 364 g/mol. The van der Waals surface area contributed by atoms with E-state index >= 15 is 0 Å². The van der Waals surface area contributed by atoms with E-state index in [9.17, 15) is 9.59 Å². The van der Waals surface area contributed by atoms with E-state index in [0.29, 0.717) is 5.13 Å². The van der Waals surface area contributed by atoms with Crippen molar-refractivity contribution >= 4 is 39.2 Å². The molecule has 3 N–H and O–H groups in total. The zero-order valence-corrected chi connectivity index (χ0v) is 14.8. The van der Waals surface area contributed by atoms with Gasteiger partial charge in [-0.05, 0) is 6.07 Å². The highest BCUT2D eigenvalue weighted by atomic mass is 32.1. The molecule has 3 heterocycles. The average Bonchev–Trinajstić information content (AvgIpc) is 3.33. The molecule has 0 unspecified atom stereocenters. The van der Waals surface area contributed by atoms with Gasteiger partial charge in [-0.25, -0.2) is 9.97 Å². The summed E-state index contributed by atoms with van der Waals surface area (Å²) in [5.74, 6) is -0.830. The van der Waals surface area contributed by atoms with Gasteiger partial charge in [-0.3, -0.25) is 14.6 Å². The molecule has 8 nitrogen and oxygen atoms in total. The lowest BCUT2D eigenvalue weighted by Crippen LogP contribution is -2.33. The third kappa shape index (κ3) is 3.67. The Morgan fingerprint density at radius 2 is 2.07 bits per heavy atom. The van der Waals surface area contributed by atoms with Crippen LogP contribution in [0.15, 0.2) is 54.4 Å². The maximum Gasteiger partial charge on any atom is 0.271 e. The van der Waals surface area contributed by atoms with Crippen molar-refractivity contribution in [1.82, 2.24) is 25.3 Å².